The van der Waals surface area contributed by atoms with Crippen molar-refractivity contribution >= 4 is 33.4 Å². The first-order valence-corrected chi connectivity index (χ1v) is 8.89. The smallest absolute Gasteiger partial charge is 0.262 e. The Morgan fingerprint density at radius 3 is 2.59 bits per heavy atom. The van der Waals surface area contributed by atoms with E-state index in [0.717, 1.165) is 16.4 Å². The average molecular weight is 360 g/mol. The van der Waals surface area contributed by atoms with Crippen molar-refractivity contribution in [2.45, 2.75) is 6.92 Å². The molecule has 136 valence electrons. The van der Waals surface area contributed by atoms with Crippen molar-refractivity contribution in [1.29, 1.82) is 0 Å². The Labute approximate surface area is 156 Å². The standard InChI is InChI=1S/C22H20N2O3/c1-2-26-21-10-6-5-9-19(21)24-22(25)14-27-15-11-12-17-16-7-3-4-8-18(16)23-20(17)13-15/h3-13,23H,2,14H2,1H3,(H,24,25). The van der Waals surface area contributed by atoms with E-state index in [1.54, 1.807) is 6.07 Å². The number of benzene rings is 3. The number of aromatic nitrogens is 1. The summed E-state index contributed by atoms with van der Waals surface area (Å²) in [5.74, 6) is 1.05. The molecule has 2 N–H and O–H groups in total. The lowest BCUT2D eigenvalue weighted by molar-refractivity contribution is -0.118. The SMILES string of the molecule is CCOc1ccccc1NC(=O)COc1ccc2c(c1)[nH]c1ccccc12. The van der Waals surface area contributed by atoms with Crippen LogP contribution in [0.15, 0.2) is 66.7 Å². The second kappa shape index (κ2) is 7.41. The van der Waals surface area contributed by atoms with Gasteiger partial charge >= 0.3 is 0 Å². The maximum absolute atomic E-state index is 12.2. The Morgan fingerprint density at radius 1 is 0.926 bits per heavy atom. The van der Waals surface area contributed by atoms with Gasteiger partial charge in [0, 0.05) is 22.4 Å². The van der Waals surface area contributed by atoms with Gasteiger partial charge in [-0.1, -0.05) is 30.3 Å². The number of carbonyl (C=O) groups excluding carboxylic acids is 1. The van der Waals surface area contributed by atoms with Gasteiger partial charge in [-0.05, 0) is 37.3 Å². The van der Waals surface area contributed by atoms with E-state index in [4.69, 9.17) is 9.47 Å². The van der Waals surface area contributed by atoms with Crippen molar-refractivity contribution in [2.75, 3.05) is 18.5 Å². The summed E-state index contributed by atoms with van der Waals surface area (Å²) in [7, 11) is 0. The number of hydrogen-bond acceptors (Lipinski definition) is 3. The van der Waals surface area contributed by atoms with E-state index >= 15 is 0 Å². The molecule has 5 nitrogen and oxygen atoms in total. The van der Waals surface area contributed by atoms with Crippen molar-refractivity contribution in [3.8, 4) is 11.5 Å². The van der Waals surface area contributed by atoms with Crippen LogP contribution in [0.2, 0.25) is 0 Å². The Kier molecular flexibility index (Phi) is 4.66. The molecule has 0 aliphatic heterocycles. The zero-order valence-corrected chi connectivity index (χ0v) is 15.0. The minimum atomic E-state index is -0.237. The van der Waals surface area contributed by atoms with Crippen LogP contribution >= 0.6 is 0 Å². The van der Waals surface area contributed by atoms with Gasteiger partial charge in [0.05, 0.1) is 17.8 Å². The number of anilines is 1. The highest BCUT2D eigenvalue weighted by atomic mass is 16.5. The molecule has 0 fully saturated rings. The number of H-pyrrole nitrogens is 1. The van der Waals surface area contributed by atoms with Crippen molar-refractivity contribution in [1.82, 2.24) is 4.98 Å². The van der Waals surface area contributed by atoms with Crippen LogP contribution in [0, 0.1) is 0 Å². The number of nitrogens with one attached hydrogen (secondary N) is 2. The quantitative estimate of drug-likeness (QED) is 0.522. The maximum Gasteiger partial charge on any atom is 0.262 e. The fraction of sp³-hybridized carbons (Fsp3) is 0.136. The van der Waals surface area contributed by atoms with E-state index in [2.05, 4.69) is 16.4 Å². The summed E-state index contributed by atoms with van der Waals surface area (Å²) in [4.78, 5) is 15.6. The predicted molar refractivity (Wildman–Crippen MR) is 108 cm³/mol. The van der Waals surface area contributed by atoms with Gasteiger partial charge in [0.15, 0.2) is 6.61 Å². The van der Waals surface area contributed by atoms with Gasteiger partial charge in [0.1, 0.15) is 11.5 Å². The number of aromatic amines is 1. The van der Waals surface area contributed by atoms with Crippen LogP contribution in [0.5, 0.6) is 11.5 Å². The topological polar surface area (TPSA) is 63.4 Å². The minimum Gasteiger partial charge on any atom is -0.492 e. The van der Waals surface area contributed by atoms with Gasteiger partial charge in [0.2, 0.25) is 0 Å². The van der Waals surface area contributed by atoms with Crippen LogP contribution in [0.4, 0.5) is 5.69 Å². The van der Waals surface area contributed by atoms with Crippen LogP contribution in [-0.4, -0.2) is 24.1 Å². The first-order valence-electron chi connectivity index (χ1n) is 8.89. The van der Waals surface area contributed by atoms with Gasteiger partial charge in [-0.15, -0.1) is 0 Å². The maximum atomic E-state index is 12.2. The highest BCUT2D eigenvalue weighted by molar-refractivity contribution is 6.07. The van der Waals surface area contributed by atoms with Crippen molar-refractivity contribution in [3.05, 3.63) is 66.7 Å². The Bertz CT molecular complexity index is 1100. The van der Waals surface area contributed by atoms with E-state index < -0.39 is 0 Å². The summed E-state index contributed by atoms with van der Waals surface area (Å²) in [6, 6.07) is 21.3. The third kappa shape index (κ3) is 3.58. The molecule has 5 heteroatoms. The molecule has 0 saturated heterocycles. The molecule has 0 saturated carbocycles. The first-order chi connectivity index (χ1) is 13.2. The molecule has 0 radical (unpaired) electrons. The number of rotatable bonds is 6. The molecule has 1 heterocycles. The molecule has 1 aromatic heterocycles. The molecule has 0 bridgehead atoms. The molecule has 0 atom stereocenters. The minimum absolute atomic E-state index is 0.0772. The molecule has 1 amide bonds. The van der Waals surface area contributed by atoms with Gasteiger partial charge in [0.25, 0.3) is 5.91 Å². The second-order valence-electron chi connectivity index (χ2n) is 6.14. The number of amides is 1. The Morgan fingerprint density at radius 2 is 1.70 bits per heavy atom. The van der Waals surface area contributed by atoms with E-state index in [1.807, 2.05) is 61.5 Å². The summed E-state index contributed by atoms with van der Waals surface area (Å²) >= 11 is 0. The largest absolute Gasteiger partial charge is 0.492 e. The number of carbonyl (C=O) groups is 1. The number of hydrogen-bond donors (Lipinski definition) is 2. The van der Waals surface area contributed by atoms with Gasteiger partial charge in [-0.25, -0.2) is 0 Å². The van der Waals surface area contributed by atoms with Crippen LogP contribution in [0.3, 0.4) is 0 Å². The molecule has 3 aromatic carbocycles. The molecule has 4 rings (SSSR count). The van der Waals surface area contributed by atoms with Crippen LogP contribution in [0.25, 0.3) is 21.8 Å². The average Bonchev–Trinajstić information content (AvgIpc) is 3.06. The summed E-state index contributed by atoms with van der Waals surface area (Å²) in [5, 5.41) is 5.13. The fourth-order valence-corrected chi connectivity index (χ4v) is 3.11. The fourth-order valence-electron chi connectivity index (χ4n) is 3.11. The van der Waals surface area contributed by atoms with Gasteiger partial charge in [-0.2, -0.15) is 0 Å². The number of ether oxygens (including phenoxy) is 2. The third-order valence-corrected chi connectivity index (χ3v) is 4.31. The molecule has 0 spiro atoms. The molecular formula is C22H20N2O3. The van der Waals surface area contributed by atoms with Crippen molar-refractivity contribution in [2.24, 2.45) is 0 Å². The van der Waals surface area contributed by atoms with Gasteiger partial charge in [-0.3, -0.25) is 4.79 Å². The van der Waals surface area contributed by atoms with Crippen molar-refractivity contribution in [3.63, 3.8) is 0 Å². The van der Waals surface area contributed by atoms with E-state index in [-0.39, 0.29) is 12.5 Å². The van der Waals surface area contributed by atoms with Crippen LogP contribution in [-0.2, 0) is 4.79 Å². The number of fused-ring (bicyclic) bond motifs is 3. The summed E-state index contributed by atoms with van der Waals surface area (Å²) in [6.45, 7) is 2.36. The molecular weight excluding hydrogens is 340 g/mol. The summed E-state index contributed by atoms with van der Waals surface area (Å²) in [5.41, 5.74) is 2.70. The van der Waals surface area contributed by atoms with Crippen molar-refractivity contribution < 1.29 is 14.3 Å². The summed E-state index contributed by atoms with van der Waals surface area (Å²) < 4.78 is 11.2. The second-order valence-corrected chi connectivity index (χ2v) is 6.14. The lowest BCUT2D eigenvalue weighted by Crippen LogP contribution is -2.20. The lowest BCUT2D eigenvalue weighted by atomic mass is 10.1. The molecule has 4 aromatic rings. The summed E-state index contributed by atoms with van der Waals surface area (Å²) in [6.07, 6.45) is 0. The highest BCUT2D eigenvalue weighted by Gasteiger charge is 2.09. The third-order valence-electron chi connectivity index (χ3n) is 4.31. The van der Waals surface area contributed by atoms with Crippen LogP contribution < -0.4 is 14.8 Å². The molecule has 27 heavy (non-hydrogen) atoms. The van der Waals surface area contributed by atoms with E-state index in [9.17, 15) is 4.79 Å². The van der Waals surface area contributed by atoms with Crippen LogP contribution in [0.1, 0.15) is 6.92 Å². The normalized spacial score (nSPS) is 10.9. The van der Waals surface area contributed by atoms with E-state index in [0.29, 0.717) is 23.8 Å². The molecule has 0 aliphatic carbocycles. The predicted octanol–water partition coefficient (Wildman–Crippen LogP) is 4.74. The van der Waals surface area contributed by atoms with Gasteiger partial charge < -0.3 is 19.8 Å². The molecule has 0 aliphatic rings. The van der Waals surface area contributed by atoms with E-state index in [1.165, 1.54) is 5.39 Å². The molecule has 0 unspecified atom stereocenters. The zero-order chi connectivity index (χ0) is 18.6. The highest BCUT2D eigenvalue weighted by Crippen LogP contribution is 2.28. The lowest BCUT2D eigenvalue weighted by Gasteiger charge is -2.11. The first kappa shape index (κ1) is 17.0. The Hall–Kier alpha value is -3.47. The zero-order valence-electron chi connectivity index (χ0n) is 15.0. The number of para-hydroxylation sites is 3. The Balaban J connectivity index is 1.45. The monoisotopic (exact) mass is 360 g/mol.